The topological polar surface area (TPSA) is 72.2 Å². The van der Waals surface area contributed by atoms with Gasteiger partial charge in [-0.15, -0.1) is 0 Å². The van der Waals surface area contributed by atoms with Crippen LogP contribution in [0.3, 0.4) is 0 Å². The Hall–Kier alpha value is -0.550. The van der Waals surface area contributed by atoms with Crippen molar-refractivity contribution in [3.05, 3.63) is 0 Å². The van der Waals surface area contributed by atoms with Crippen LogP contribution >= 0.6 is 12.6 Å². The van der Waals surface area contributed by atoms with Crippen LogP contribution in [0, 0.1) is 0 Å². The van der Waals surface area contributed by atoms with Gasteiger partial charge in [-0.1, -0.05) is 0 Å². The molecule has 1 radical (unpaired) electrons. The second-order valence-corrected chi connectivity index (χ2v) is 2.02. The maximum Gasteiger partial charge on any atom is 0.238 e. The summed E-state index contributed by atoms with van der Waals surface area (Å²) in [6.07, 6.45) is 1.52. The Morgan fingerprint density at radius 2 is 2.40 bits per heavy atom. The zero-order valence-electron chi connectivity index (χ0n) is 5.33. The highest BCUT2D eigenvalue weighted by Gasteiger charge is 2.09. The first-order valence-corrected chi connectivity index (χ1v) is 3.34. The number of rotatable bonds is 4. The van der Waals surface area contributed by atoms with Gasteiger partial charge in [-0.2, -0.15) is 12.6 Å². The minimum Gasteiger partial charge on any atom is -0.347 e. The molecule has 4 nitrogen and oxygen atoms in total. The van der Waals surface area contributed by atoms with Crippen LogP contribution < -0.4 is 11.1 Å². The van der Waals surface area contributed by atoms with Gasteiger partial charge in [-0.3, -0.25) is 9.59 Å². The monoisotopic (exact) mass is 161 g/mol. The quantitative estimate of drug-likeness (QED) is 0.438. The molecule has 0 aromatic rings. The zero-order valence-corrected chi connectivity index (χ0v) is 6.23. The number of thiol groups is 1. The van der Waals surface area contributed by atoms with Gasteiger partial charge in [0.1, 0.15) is 0 Å². The molecule has 5 heteroatoms. The number of hydrogen-bond acceptors (Lipinski definition) is 4. The molecule has 0 aliphatic carbocycles. The summed E-state index contributed by atoms with van der Waals surface area (Å²) in [6, 6.07) is -0.642. The maximum absolute atomic E-state index is 10.7. The van der Waals surface area contributed by atoms with Crippen molar-refractivity contribution in [2.75, 3.05) is 12.3 Å². The highest BCUT2D eigenvalue weighted by molar-refractivity contribution is 7.80. The van der Waals surface area contributed by atoms with Gasteiger partial charge in [0, 0.05) is 5.75 Å². The van der Waals surface area contributed by atoms with Crippen molar-refractivity contribution in [1.82, 2.24) is 5.32 Å². The lowest BCUT2D eigenvalue weighted by Gasteiger charge is -2.05. The molecule has 0 spiro atoms. The molecule has 0 saturated heterocycles. The van der Waals surface area contributed by atoms with E-state index in [1.54, 1.807) is 0 Å². The van der Waals surface area contributed by atoms with E-state index in [0.29, 0.717) is 0 Å². The van der Waals surface area contributed by atoms with Crippen molar-refractivity contribution in [3.63, 3.8) is 0 Å². The third kappa shape index (κ3) is 3.47. The Balaban J connectivity index is 3.51. The average molecular weight is 161 g/mol. The second-order valence-electron chi connectivity index (χ2n) is 1.65. The summed E-state index contributed by atoms with van der Waals surface area (Å²) in [5, 5.41) is 2.25. The number of carbonyl (C=O) groups is 1. The molecule has 1 unspecified atom stereocenters. The SMILES string of the molecule is NC(CS)C(=O)NC[C]=O. The van der Waals surface area contributed by atoms with E-state index in [2.05, 4.69) is 17.9 Å². The Kier molecular flexibility index (Phi) is 4.96. The van der Waals surface area contributed by atoms with E-state index >= 15 is 0 Å². The van der Waals surface area contributed by atoms with Crippen molar-refractivity contribution in [1.29, 1.82) is 0 Å². The lowest BCUT2D eigenvalue weighted by Crippen LogP contribution is -2.42. The first-order valence-electron chi connectivity index (χ1n) is 2.71. The Labute approximate surface area is 64.6 Å². The molecule has 0 aliphatic heterocycles. The van der Waals surface area contributed by atoms with E-state index in [4.69, 9.17) is 5.73 Å². The molecule has 10 heavy (non-hydrogen) atoms. The van der Waals surface area contributed by atoms with E-state index in [1.165, 1.54) is 6.29 Å². The fraction of sp³-hybridized carbons (Fsp3) is 0.600. The molecule has 0 heterocycles. The number of nitrogens with one attached hydrogen (secondary N) is 1. The van der Waals surface area contributed by atoms with E-state index < -0.39 is 6.04 Å². The molecular weight excluding hydrogens is 152 g/mol. The van der Waals surface area contributed by atoms with Crippen molar-refractivity contribution in [3.8, 4) is 0 Å². The van der Waals surface area contributed by atoms with Crippen LogP contribution in [0.15, 0.2) is 0 Å². The number of nitrogens with two attached hydrogens (primary N) is 1. The van der Waals surface area contributed by atoms with Crippen LogP contribution in [0.2, 0.25) is 0 Å². The van der Waals surface area contributed by atoms with Crippen LogP contribution in [0.1, 0.15) is 0 Å². The van der Waals surface area contributed by atoms with Gasteiger partial charge < -0.3 is 11.1 Å². The maximum atomic E-state index is 10.7. The summed E-state index contributed by atoms with van der Waals surface area (Å²) in [4.78, 5) is 20.3. The molecule has 0 aliphatic rings. The summed E-state index contributed by atoms with van der Waals surface area (Å²) >= 11 is 3.79. The van der Waals surface area contributed by atoms with Crippen LogP contribution in [0.5, 0.6) is 0 Å². The van der Waals surface area contributed by atoms with Gasteiger partial charge in [0.25, 0.3) is 0 Å². The predicted molar refractivity (Wildman–Crippen MR) is 40.5 cm³/mol. The molecule has 57 valence electrons. The molecule has 0 fully saturated rings. The second kappa shape index (κ2) is 5.25. The van der Waals surface area contributed by atoms with Crippen LogP contribution in [-0.4, -0.2) is 30.5 Å². The lowest BCUT2D eigenvalue weighted by atomic mass is 10.3. The molecule has 0 saturated carbocycles. The van der Waals surface area contributed by atoms with Gasteiger partial charge in [-0.25, -0.2) is 0 Å². The first-order chi connectivity index (χ1) is 4.72. The average Bonchev–Trinajstić information content (AvgIpc) is 1.98. The fourth-order valence-corrected chi connectivity index (χ4v) is 0.503. The fourth-order valence-electron chi connectivity index (χ4n) is 0.337. The lowest BCUT2D eigenvalue weighted by molar-refractivity contribution is -0.121. The Morgan fingerprint density at radius 1 is 1.80 bits per heavy atom. The standard InChI is InChI=1S/C5H9N2O2S/c6-4(3-10)5(9)7-1-2-8/h4,10H,1,3,6H2,(H,7,9). The molecular formula is C5H9N2O2S. The number of hydrogen-bond donors (Lipinski definition) is 3. The third-order valence-corrected chi connectivity index (χ3v) is 1.26. The molecule has 0 rings (SSSR count). The molecule has 3 N–H and O–H groups in total. The largest absolute Gasteiger partial charge is 0.347 e. The highest BCUT2D eigenvalue weighted by Crippen LogP contribution is 1.81. The minimum atomic E-state index is -0.642. The zero-order chi connectivity index (χ0) is 7.98. The van der Waals surface area contributed by atoms with Gasteiger partial charge in [0.15, 0.2) is 0 Å². The number of carbonyl (C=O) groups excluding carboxylic acids is 2. The van der Waals surface area contributed by atoms with Crippen molar-refractivity contribution in [2.24, 2.45) is 5.73 Å². The van der Waals surface area contributed by atoms with Gasteiger partial charge in [0.2, 0.25) is 12.2 Å². The van der Waals surface area contributed by atoms with Crippen molar-refractivity contribution in [2.45, 2.75) is 6.04 Å². The predicted octanol–water partition coefficient (Wildman–Crippen LogP) is -1.53. The smallest absolute Gasteiger partial charge is 0.238 e. The van der Waals surface area contributed by atoms with Crippen LogP contribution in [0.4, 0.5) is 0 Å². The van der Waals surface area contributed by atoms with E-state index in [1.807, 2.05) is 0 Å². The van der Waals surface area contributed by atoms with E-state index in [0.717, 1.165) is 0 Å². The van der Waals surface area contributed by atoms with Gasteiger partial charge >= 0.3 is 0 Å². The Morgan fingerprint density at radius 3 is 2.80 bits per heavy atom. The summed E-state index contributed by atoms with van der Waals surface area (Å²) in [5.41, 5.74) is 5.24. The first kappa shape index (κ1) is 9.45. The summed E-state index contributed by atoms with van der Waals surface area (Å²) in [7, 11) is 0. The van der Waals surface area contributed by atoms with Crippen LogP contribution in [-0.2, 0) is 9.59 Å². The number of amides is 1. The summed E-state index contributed by atoms with van der Waals surface area (Å²) in [5.74, 6) is -0.108. The van der Waals surface area contributed by atoms with Crippen molar-refractivity contribution < 1.29 is 9.59 Å². The summed E-state index contributed by atoms with van der Waals surface area (Å²) < 4.78 is 0. The normalized spacial score (nSPS) is 12.2. The van der Waals surface area contributed by atoms with E-state index in [-0.39, 0.29) is 18.2 Å². The summed E-state index contributed by atoms with van der Waals surface area (Å²) in [6.45, 7) is -0.111. The molecule has 1 amide bonds. The molecule has 0 bridgehead atoms. The van der Waals surface area contributed by atoms with Crippen molar-refractivity contribution >= 4 is 24.8 Å². The highest BCUT2D eigenvalue weighted by atomic mass is 32.1. The van der Waals surface area contributed by atoms with Gasteiger partial charge in [-0.05, 0) is 0 Å². The van der Waals surface area contributed by atoms with Crippen LogP contribution in [0.25, 0.3) is 0 Å². The molecule has 1 atom stereocenters. The Bertz CT molecular complexity index is 129. The van der Waals surface area contributed by atoms with E-state index in [9.17, 15) is 9.59 Å². The molecule has 0 aromatic heterocycles. The molecule has 0 aromatic carbocycles. The van der Waals surface area contributed by atoms with Gasteiger partial charge in [0.05, 0.1) is 12.6 Å². The minimum absolute atomic E-state index is 0.111. The third-order valence-electron chi connectivity index (χ3n) is 0.868.